The van der Waals surface area contributed by atoms with Gasteiger partial charge in [0, 0.05) is 5.92 Å². The summed E-state index contributed by atoms with van der Waals surface area (Å²) >= 11 is 0. The third-order valence-electron chi connectivity index (χ3n) is 1.65. The molecule has 4 nitrogen and oxygen atoms in total. The van der Waals surface area contributed by atoms with Gasteiger partial charge in [0.2, 0.25) is 0 Å². The van der Waals surface area contributed by atoms with Crippen molar-refractivity contribution in [1.82, 2.24) is 10.1 Å². The summed E-state index contributed by atoms with van der Waals surface area (Å²) in [4.78, 5) is 13.0. The van der Waals surface area contributed by atoms with Crippen LogP contribution >= 0.6 is 0 Å². The predicted octanol–water partition coefficient (Wildman–Crippen LogP) is 1.27. The van der Waals surface area contributed by atoms with Crippen LogP contribution in [0.3, 0.4) is 0 Å². The summed E-state index contributed by atoms with van der Waals surface area (Å²) < 4.78 is 4.37. The molecule has 0 fully saturated rings. The lowest BCUT2D eigenvalue weighted by Crippen LogP contribution is -2.00. The molecular weight excluding hydrogens is 144 g/mol. The molecule has 0 amide bonds. The molecule has 11 heavy (non-hydrogen) atoms. The SMILES string of the molecule is CCCC(C)c1noc(=O)[nH]1. The minimum absolute atomic E-state index is 0.284. The number of aromatic nitrogens is 2. The normalized spacial score (nSPS) is 13.3. The first-order valence-corrected chi connectivity index (χ1v) is 3.80. The maximum atomic E-state index is 10.5. The molecular formula is C7H12N2O2. The minimum Gasteiger partial charge on any atom is -0.296 e. The predicted molar refractivity (Wildman–Crippen MR) is 40.4 cm³/mol. The minimum atomic E-state index is -0.469. The molecule has 0 spiro atoms. The van der Waals surface area contributed by atoms with E-state index >= 15 is 0 Å². The molecule has 0 aliphatic rings. The number of nitrogens with zero attached hydrogens (tertiary/aromatic N) is 1. The Morgan fingerprint density at radius 3 is 2.91 bits per heavy atom. The Kier molecular flexibility index (Phi) is 2.46. The van der Waals surface area contributed by atoms with E-state index in [9.17, 15) is 4.79 Å². The smallest absolute Gasteiger partial charge is 0.296 e. The van der Waals surface area contributed by atoms with Gasteiger partial charge in [0.15, 0.2) is 5.82 Å². The van der Waals surface area contributed by atoms with Crippen molar-refractivity contribution in [2.45, 2.75) is 32.6 Å². The summed E-state index contributed by atoms with van der Waals surface area (Å²) in [5.74, 6) is 0.464. The van der Waals surface area contributed by atoms with Gasteiger partial charge in [-0.15, -0.1) is 0 Å². The zero-order chi connectivity index (χ0) is 8.27. The first-order valence-electron chi connectivity index (χ1n) is 3.80. The van der Waals surface area contributed by atoms with Crippen molar-refractivity contribution in [3.63, 3.8) is 0 Å². The second-order valence-corrected chi connectivity index (χ2v) is 2.67. The van der Waals surface area contributed by atoms with Crippen LogP contribution in [-0.2, 0) is 0 Å². The van der Waals surface area contributed by atoms with E-state index in [4.69, 9.17) is 0 Å². The standard InChI is InChI=1S/C7H12N2O2/c1-3-4-5(2)6-8-7(10)11-9-6/h5H,3-4H2,1-2H3,(H,8,9,10). The summed E-state index contributed by atoms with van der Waals surface area (Å²) in [5.41, 5.74) is 0. The summed E-state index contributed by atoms with van der Waals surface area (Å²) in [7, 11) is 0. The fourth-order valence-electron chi connectivity index (χ4n) is 1.02. The maximum Gasteiger partial charge on any atom is 0.438 e. The molecule has 0 saturated carbocycles. The number of hydrogen-bond acceptors (Lipinski definition) is 3. The summed E-state index contributed by atoms with van der Waals surface area (Å²) in [6, 6.07) is 0. The van der Waals surface area contributed by atoms with Gasteiger partial charge in [-0.05, 0) is 6.42 Å². The average molecular weight is 156 g/mol. The van der Waals surface area contributed by atoms with Gasteiger partial charge in [0.25, 0.3) is 0 Å². The summed E-state index contributed by atoms with van der Waals surface area (Å²) in [6.07, 6.45) is 2.10. The molecule has 0 aliphatic carbocycles. The van der Waals surface area contributed by atoms with Gasteiger partial charge in [-0.25, -0.2) is 4.79 Å². The van der Waals surface area contributed by atoms with Crippen LogP contribution in [0.1, 0.15) is 38.4 Å². The highest BCUT2D eigenvalue weighted by Crippen LogP contribution is 2.14. The van der Waals surface area contributed by atoms with E-state index in [2.05, 4.69) is 21.6 Å². The molecule has 1 heterocycles. The van der Waals surface area contributed by atoms with Gasteiger partial charge in [-0.2, -0.15) is 0 Å². The zero-order valence-corrected chi connectivity index (χ0v) is 6.76. The van der Waals surface area contributed by atoms with Crippen LogP contribution < -0.4 is 5.76 Å². The van der Waals surface area contributed by atoms with Gasteiger partial charge >= 0.3 is 5.76 Å². The second kappa shape index (κ2) is 3.37. The van der Waals surface area contributed by atoms with E-state index in [1.165, 1.54) is 0 Å². The third kappa shape index (κ3) is 1.93. The number of H-pyrrole nitrogens is 1. The highest BCUT2D eigenvalue weighted by atomic mass is 16.5. The number of nitrogens with one attached hydrogen (secondary N) is 1. The van der Waals surface area contributed by atoms with Gasteiger partial charge in [-0.3, -0.25) is 9.51 Å². The van der Waals surface area contributed by atoms with Crippen molar-refractivity contribution in [3.05, 3.63) is 16.4 Å². The van der Waals surface area contributed by atoms with Gasteiger partial charge in [0.1, 0.15) is 0 Å². The molecule has 62 valence electrons. The van der Waals surface area contributed by atoms with E-state index in [0.717, 1.165) is 12.8 Å². The van der Waals surface area contributed by atoms with Crippen LogP contribution in [-0.4, -0.2) is 10.1 Å². The van der Waals surface area contributed by atoms with E-state index in [1.54, 1.807) is 0 Å². The quantitative estimate of drug-likeness (QED) is 0.716. The van der Waals surface area contributed by atoms with Crippen molar-refractivity contribution in [2.24, 2.45) is 0 Å². The molecule has 1 aromatic rings. The van der Waals surface area contributed by atoms with Crippen LogP contribution in [0.4, 0.5) is 0 Å². The molecule has 1 N–H and O–H groups in total. The Labute approximate surface area is 64.6 Å². The zero-order valence-electron chi connectivity index (χ0n) is 6.76. The molecule has 0 radical (unpaired) electrons. The van der Waals surface area contributed by atoms with Crippen LogP contribution in [0.2, 0.25) is 0 Å². The van der Waals surface area contributed by atoms with Crippen molar-refractivity contribution in [3.8, 4) is 0 Å². The lowest BCUT2D eigenvalue weighted by molar-refractivity contribution is 0.377. The van der Waals surface area contributed by atoms with Crippen molar-refractivity contribution >= 4 is 0 Å². The van der Waals surface area contributed by atoms with E-state index in [1.807, 2.05) is 6.92 Å². The van der Waals surface area contributed by atoms with Crippen molar-refractivity contribution < 1.29 is 4.52 Å². The average Bonchev–Trinajstić information content (AvgIpc) is 2.36. The highest BCUT2D eigenvalue weighted by Gasteiger charge is 2.08. The van der Waals surface area contributed by atoms with Crippen molar-refractivity contribution in [1.29, 1.82) is 0 Å². The van der Waals surface area contributed by atoms with E-state index < -0.39 is 5.76 Å². The van der Waals surface area contributed by atoms with Crippen molar-refractivity contribution in [2.75, 3.05) is 0 Å². The molecule has 1 aromatic heterocycles. The fraction of sp³-hybridized carbons (Fsp3) is 0.714. The van der Waals surface area contributed by atoms with Crippen LogP contribution in [0, 0.1) is 0 Å². The molecule has 0 saturated heterocycles. The first kappa shape index (κ1) is 8.04. The topological polar surface area (TPSA) is 58.9 Å². The first-order chi connectivity index (χ1) is 5.24. The Morgan fingerprint density at radius 2 is 2.45 bits per heavy atom. The Bertz CT molecular complexity index is 263. The largest absolute Gasteiger partial charge is 0.438 e. The number of rotatable bonds is 3. The highest BCUT2D eigenvalue weighted by molar-refractivity contribution is 4.88. The second-order valence-electron chi connectivity index (χ2n) is 2.67. The van der Waals surface area contributed by atoms with Crippen LogP contribution in [0.15, 0.2) is 9.32 Å². The summed E-state index contributed by atoms with van der Waals surface area (Å²) in [6.45, 7) is 4.10. The fourth-order valence-corrected chi connectivity index (χ4v) is 1.02. The van der Waals surface area contributed by atoms with Crippen LogP contribution in [0.25, 0.3) is 0 Å². The lowest BCUT2D eigenvalue weighted by atomic mass is 10.1. The van der Waals surface area contributed by atoms with Gasteiger partial charge in [0.05, 0.1) is 0 Å². The molecule has 0 aliphatic heterocycles. The Balaban J connectivity index is 2.68. The molecule has 0 bridgehead atoms. The summed E-state index contributed by atoms with van der Waals surface area (Å²) in [5, 5.41) is 3.59. The van der Waals surface area contributed by atoms with E-state index in [-0.39, 0.29) is 5.92 Å². The lowest BCUT2D eigenvalue weighted by Gasteiger charge is -2.02. The number of aromatic amines is 1. The van der Waals surface area contributed by atoms with Crippen LogP contribution in [0.5, 0.6) is 0 Å². The molecule has 1 unspecified atom stereocenters. The Hall–Kier alpha value is -1.06. The number of hydrogen-bond donors (Lipinski definition) is 1. The monoisotopic (exact) mass is 156 g/mol. The molecule has 1 atom stereocenters. The van der Waals surface area contributed by atoms with Gasteiger partial charge in [-0.1, -0.05) is 25.4 Å². The molecule has 0 aromatic carbocycles. The van der Waals surface area contributed by atoms with E-state index in [0.29, 0.717) is 5.82 Å². The maximum absolute atomic E-state index is 10.5. The third-order valence-corrected chi connectivity index (χ3v) is 1.65. The molecule has 4 heteroatoms. The molecule has 1 rings (SSSR count). The Morgan fingerprint density at radius 1 is 1.73 bits per heavy atom. The van der Waals surface area contributed by atoms with Gasteiger partial charge < -0.3 is 0 Å².